The number of carbonyl (C=O) groups is 2. The first-order valence-corrected chi connectivity index (χ1v) is 6.54. The molecule has 1 saturated carbocycles. The van der Waals surface area contributed by atoms with Gasteiger partial charge in [0.25, 0.3) is 0 Å². The predicted molar refractivity (Wildman–Crippen MR) is 64.3 cm³/mol. The number of imide groups is 1. The van der Waals surface area contributed by atoms with Crippen molar-refractivity contribution in [2.45, 2.75) is 45.1 Å². The van der Waals surface area contributed by atoms with Crippen molar-refractivity contribution in [1.82, 2.24) is 15.1 Å². The Labute approximate surface area is 106 Å². The fourth-order valence-corrected chi connectivity index (χ4v) is 3.18. The number of aromatic nitrogens is 2. The Balaban J connectivity index is 1.80. The van der Waals surface area contributed by atoms with Gasteiger partial charge in [0.15, 0.2) is 0 Å². The Kier molecular flexibility index (Phi) is 2.69. The molecule has 1 saturated heterocycles. The third-order valence-corrected chi connectivity index (χ3v) is 4.19. The molecule has 0 unspecified atom stereocenters. The van der Waals surface area contributed by atoms with E-state index in [9.17, 15) is 9.59 Å². The van der Waals surface area contributed by atoms with Gasteiger partial charge in [-0.2, -0.15) is 5.10 Å². The Morgan fingerprint density at radius 3 is 2.72 bits per heavy atom. The second-order valence-electron chi connectivity index (χ2n) is 5.38. The predicted octanol–water partition coefficient (Wildman–Crippen LogP) is 1.62. The van der Waals surface area contributed by atoms with Gasteiger partial charge in [-0.25, -0.2) is 0 Å². The zero-order valence-electron chi connectivity index (χ0n) is 10.3. The Morgan fingerprint density at radius 2 is 2.06 bits per heavy atom. The minimum atomic E-state index is -0.380. The average Bonchev–Trinajstić information content (AvgIpc) is 2.95. The lowest BCUT2D eigenvalue weighted by atomic mass is 9.73. The molecule has 2 aliphatic rings. The molecule has 96 valence electrons. The van der Waals surface area contributed by atoms with Gasteiger partial charge >= 0.3 is 0 Å². The van der Waals surface area contributed by atoms with Crippen LogP contribution in [0.2, 0.25) is 0 Å². The number of aromatic amines is 1. The molecule has 1 aromatic heterocycles. The van der Waals surface area contributed by atoms with Crippen LogP contribution in [0.5, 0.6) is 0 Å². The van der Waals surface area contributed by atoms with E-state index in [1.165, 1.54) is 11.3 Å². The smallest absolute Gasteiger partial charge is 0.236 e. The third-order valence-electron chi connectivity index (χ3n) is 4.19. The van der Waals surface area contributed by atoms with Crippen LogP contribution in [-0.2, 0) is 16.1 Å². The number of carbonyl (C=O) groups excluding carboxylic acids is 2. The number of hydrogen-bond acceptors (Lipinski definition) is 3. The molecule has 5 heteroatoms. The maximum Gasteiger partial charge on any atom is 0.236 e. The summed E-state index contributed by atoms with van der Waals surface area (Å²) in [6, 6.07) is 1.80. The summed E-state index contributed by atoms with van der Waals surface area (Å²) in [5.41, 5.74) is 0.430. The number of H-pyrrole nitrogens is 1. The van der Waals surface area contributed by atoms with Crippen LogP contribution in [0.3, 0.4) is 0 Å². The van der Waals surface area contributed by atoms with Gasteiger partial charge in [0.1, 0.15) is 0 Å². The third kappa shape index (κ3) is 1.74. The molecule has 1 aliphatic carbocycles. The summed E-state index contributed by atoms with van der Waals surface area (Å²) in [7, 11) is 0. The molecule has 2 amide bonds. The van der Waals surface area contributed by atoms with E-state index in [1.807, 2.05) is 0 Å². The Bertz CT molecular complexity index is 461. The molecule has 2 heterocycles. The van der Waals surface area contributed by atoms with Gasteiger partial charge < -0.3 is 0 Å². The second kappa shape index (κ2) is 4.23. The van der Waals surface area contributed by atoms with Gasteiger partial charge in [-0.1, -0.05) is 19.3 Å². The lowest BCUT2D eigenvalue weighted by molar-refractivity contribution is -0.143. The minimum Gasteiger partial charge on any atom is -0.281 e. The molecule has 1 aromatic rings. The van der Waals surface area contributed by atoms with Crippen molar-refractivity contribution in [3.8, 4) is 0 Å². The maximum absolute atomic E-state index is 12.5. The van der Waals surface area contributed by atoms with E-state index >= 15 is 0 Å². The minimum absolute atomic E-state index is 0.0294. The summed E-state index contributed by atoms with van der Waals surface area (Å²) in [6.45, 7) is 0.333. The fraction of sp³-hybridized carbons (Fsp3) is 0.615. The summed E-state index contributed by atoms with van der Waals surface area (Å²) < 4.78 is 0. The largest absolute Gasteiger partial charge is 0.281 e. The van der Waals surface area contributed by atoms with Crippen molar-refractivity contribution >= 4 is 11.8 Å². The summed E-state index contributed by atoms with van der Waals surface area (Å²) in [5.74, 6) is -0.00157. The van der Waals surface area contributed by atoms with Gasteiger partial charge in [-0.3, -0.25) is 19.6 Å². The number of likely N-dealkylation sites (tertiary alicyclic amines) is 1. The van der Waals surface area contributed by atoms with Crippen LogP contribution in [0.15, 0.2) is 12.3 Å². The van der Waals surface area contributed by atoms with Crippen LogP contribution < -0.4 is 0 Å². The zero-order chi connectivity index (χ0) is 12.6. The molecule has 2 fully saturated rings. The van der Waals surface area contributed by atoms with E-state index in [-0.39, 0.29) is 17.2 Å². The number of rotatable bonds is 2. The Morgan fingerprint density at radius 1 is 1.28 bits per heavy atom. The molecular formula is C13H17N3O2. The number of nitrogens with zero attached hydrogens (tertiary/aromatic N) is 2. The maximum atomic E-state index is 12.5. The van der Waals surface area contributed by atoms with Gasteiger partial charge in [-0.15, -0.1) is 0 Å². The van der Waals surface area contributed by atoms with Crippen molar-refractivity contribution < 1.29 is 9.59 Å². The fourth-order valence-electron chi connectivity index (χ4n) is 3.18. The van der Waals surface area contributed by atoms with Crippen LogP contribution in [0.4, 0.5) is 0 Å². The highest BCUT2D eigenvalue weighted by molar-refractivity contribution is 6.05. The van der Waals surface area contributed by atoms with E-state index in [0.717, 1.165) is 31.4 Å². The lowest BCUT2D eigenvalue weighted by Crippen LogP contribution is -2.36. The molecule has 0 radical (unpaired) electrons. The lowest BCUT2D eigenvalue weighted by Gasteiger charge is -2.30. The van der Waals surface area contributed by atoms with Crippen molar-refractivity contribution in [3.05, 3.63) is 18.0 Å². The number of amides is 2. The normalized spacial score (nSPS) is 23.0. The first-order valence-electron chi connectivity index (χ1n) is 6.54. The Hall–Kier alpha value is -1.65. The highest BCUT2D eigenvalue weighted by atomic mass is 16.2. The molecule has 3 rings (SSSR count). The molecule has 18 heavy (non-hydrogen) atoms. The van der Waals surface area contributed by atoms with E-state index < -0.39 is 0 Å². The molecule has 1 N–H and O–H groups in total. The highest BCUT2D eigenvalue weighted by Crippen LogP contribution is 2.45. The van der Waals surface area contributed by atoms with Crippen LogP contribution in [0.1, 0.15) is 44.2 Å². The van der Waals surface area contributed by atoms with Crippen molar-refractivity contribution in [2.24, 2.45) is 5.41 Å². The van der Waals surface area contributed by atoms with Crippen LogP contribution in [-0.4, -0.2) is 26.9 Å². The van der Waals surface area contributed by atoms with E-state index in [0.29, 0.717) is 13.0 Å². The van der Waals surface area contributed by atoms with E-state index in [2.05, 4.69) is 10.2 Å². The quantitative estimate of drug-likeness (QED) is 0.807. The number of nitrogens with one attached hydrogen (secondary N) is 1. The second-order valence-corrected chi connectivity index (χ2v) is 5.38. The zero-order valence-corrected chi connectivity index (χ0v) is 10.3. The van der Waals surface area contributed by atoms with Crippen molar-refractivity contribution in [2.75, 3.05) is 0 Å². The van der Waals surface area contributed by atoms with Crippen LogP contribution in [0.25, 0.3) is 0 Å². The molecule has 5 nitrogen and oxygen atoms in total. The van der Waals surface area contributed by atoms with Crippen molar-refractivity contribution in [1.29, 1.82) is 0 Å². The topological polar surface area (TPSA) is 66.1 Å². The van der Waals surface area contributed by atoms with E-state index in [1.54, 1.807) is 12.3 Å². The summed E-state index contributed by atoms with van der Waals surface area (Å²) in [5, 5.41) is 6.64. The first-order chi connectivity index (χ1) is 8.71. The standard InChI is InChI=1S/C13H17N3O2/c17-11-8-13(5-2-1-3-6-13)12(18)16(11)9-10-4-7-14-15-10/h4,7H,1-3,5-6,8-9H2,(H,14,15). The van der Waals surface area contributed by atoms with Gasteiger partial charge in [0.05, 0.1) is 17.7 Å². The number of hydrogen-bond donors (Lipinski definition) is 1. The molecule has 0 bridgehead atoms. The SMILES string of the molecule is O=C1CC2(CCCCC2)C(=O)N1Cc1ccn[nH]1. The molecule has 0 aromatic carbocycles. The molecule has 1 aliphatic heterocycles. The summed E-state index contributed by atoms with van der Waals surface area (Å²) in [4.78, 5) is 25.9. The summed E-state index contributed by atoms with van der Waals surface area (Å²) in [6.07, 6.45) is 7.10. The van der Waals surface area contributed by atoms with Crippen LogP contribution >= 0.6 is 0 Å². The van der Waals surface area contributed by atoms with Gasteiger partial charge in [0.2, 0.25) is 11.8 Å². The van der Waals surface area contributed by atoms with E-state index in [4.69, 9.17) is 0 Å². The van der Waals surface area contributed by atoms with Gasteiger partial charge in [-0.05, 0) is 18.9 Å². The van der Waals surface area contributed by atoms with Crippen molar-refractivity contribution in [3.63, 3.8) is 0 Å². The monoisotopic (exact) mass is 247 g/mol. The van der Waals surface area contributed by atoms with Gasteiger partial charge in [0, 0.05) is 12.6 Å². The summed E-state index contributed by atoms with van der Waals surface area (Å²) >= 11 is 0. The molecular weight excluding hydrogens is 230 g/mol. The molecule has 0 atom stereocenters. The average molecular weight is 247 g/mol. The highest BCUT2D eigenvalue weighted by Gasteiger charge is 2.51. The van der Waals surface area contributed by atoms with Crippen LogP contribution in [0, 0.1) is 5.41 Å². The molecule has 1 spiro atoms. The first kappa shape index (κ1) is 11.4.